The molecule has 1 amide bonds. The third kappa shape index (κ3) is 4.68. The molecule has 28 heavy (non-hydrogen) atoms. The highest BCUT2D eigenvalue weighted by Crippen LogP contribution is 2.42. The van der Waals surface area contributed by atoms with E-state index in [9.17, 15) is 9.59 Å². The zero-order chi connectivity index (χ0) is 20.1. The second-order valence-corrected chi connectivity index (χ2v) is 8.09. The van der Waals surface area contributed by atoms with Gasteiger partial charge in [-0.15, -0.1) is 0 Å². The lowest BCUT2D eigenvalue weighted by atomic mass is 9.79. The summed E-state index contributed by atoms with van der Waals surface area (Å²) in [6, 6.07) is 14.4. The number of hydrogen-bond acceptors (Lipinski definition) is 3. The van der Waals surface area contributed by atoms with E-state index in [2.05, 4.69) is 5.32 Å². The first-order valence-corrected chi connectivity index (χ1v) is 10.1. The average molecular weight is 420 g/mol. The van der Waals surface area contributed by atoms with Crippen molar-refractivity contribution >= 4 is 35.1 Å². The summed E-state index contributed by atoms with van der Waals surface area (Å²) in [5.41, 5.74) is 1.14. The predicted octanol–water partition coefficient (Wildman–Crippen LogP) is 5.23. The van der Waals surface area contributed by atoms with Gasteiger partial charge in [0, 0.05) is 10.0 Å². The lowest BCUT2D eigenvalue weighted by molar-refractivity contribution is -0.154. The van der Waals surface area contributed by atoms with Crippen LogP contribution in [0.3, 0.4) is 0 Å². The van der Waals surface area contributed by atoms with E-state index in [1.165, 1.54) is 0 Å². The van der Waals surface area contributed by atoms with Crippen LogP contribution in [0.15, 0.2) is 48.5 Å². The third-order valence-electron chi connectivity index (χ3n) is 5.33. The van der Waals surface area contributed by atoms with Crippen molar-refractivity contribution < 1.29 is 14.3 Å². The number of ether oxygens (including phenoxy) is 1. The van der Waals surface area contributed by atoms with Crippen molar-refractivity contribution in [2.24, 2.45) is 0 Å². The number of carbonyl (C=O) groups excluding carboxylic acids is 2. The molecule has 4 nitrogen and oxygen atoms in total. The van der Waals surface area contributed by atoms with Gasteiger partial charge in [0.25, 0.3) is 5.91 Å². The first-order valence-electron chi connectivity index (χ1n) is 9.39. The minimum absolute atomic E-state index is 0.208. The van der Waals surface area contributed by atoms with Gasteiger partial charge in [-0.05, 0) is 55.2 Å². The van der Waals surface area contributed by atoms with Crippen LogP contribution in [0, 0.1) is 0 Å². The largest absolute Gasteiger partial charge is 0.455 e. The van der Waals surface area contributed by atoms with E-state index in [1.807, 2.05) is 31.2 Å². The van der Waals surface area contributed by atoms with Crippen LogP contribution in [0.4, 0.5) is 0 Å². The second kappa shape index (κ2) is 8.97. The summed E-state index contributed by atoms with van der Waals surface area (Å²) in [6.07, 6.45) is 3.35. The van der Waals surface area contributed by atoms with E-state index in [1.54, 1.807) is 24.3 Å². The van der Waals surface area contributed by atoms with Gasteiger partial charge >= 0.3 is 5.97 Å². The normalized spacial score (nSPS) is 16.4. The fourth-order valence-corrected chi connectivity index (χ4v) is 4.00. The molecule has 1 fully saturated rings. The van der Waals surface area contributed by atoms with Gasteiger partial charge < -0.3 is 10.1 Å². The first-order chi connectivity index (χ1) is 13.4. The molecule has 2 aromatic carbocycles. The number of esters is 1. The highest BCUT2D eigenvalue weighted by atomic mass is 35.5. The molecule has 148 valence electrons. The Labute approximate surface area is 175 Å². The summed E-state index contributed by atoms with van der Waals surface area (Å²) in [7, 11) is 0. The minimum Gasteiger partial charge on any atom is -0.455 e. The molecule has 1 saturated carbocycles. The van der Waals surface area contributed by atoms with Gasteiger partial charge in [-0.2, -0.15) is 0 Å². The molecule has 0 aliphatic heterocycles. The molecule has 1 aliphatic carbocycles. The number of nitrogens with one attached hydrogen (secondary N) is 1. The van der Waals surface area contributed by atoms with Crippen LogP contribution in [-0.4, -0.2) is 18.5 Å². The smallest absolute Gasteiger partial charge is 0.317 e. The molecule has 2 aromatic rings. The van der Waals surface area contributed by atoms with Crippen molar-refractivity contribution in [1.82, 2.24) is 5.32 Å². The van der Waals surface area contributed by atoms with Crippen molar-refractivity contribution in [3.05, 3.63) is 69.7 Å². The number of amides is 1. The second-order valence-electron chi connectivity index (χ2n) is 7.21. The summed E-state index contributed by atoms with van der Waals surface area (Å²) in [5, 5.41) is 4.11. The van der Waals surface area contributed by atoms with Crippen molar-refractivity contribution in [3.8, 4) is 0 Å². The number of benzene rings is 2. The molecule has 3 rings (SSSR count). The highest BCUT2D eigenvalue weighted by molar-refractivity contribution is 6.30. The Morgan fingerprint density at radius 3 is 2.11 bits per heavy atom. The monoisotopic (exact) mass is 419 g/mol. The van der Waals surface area contributed by atoms with Crippen molar-refractivity contribution in [3.63, 3.8) is 0 Å². The Bertz CT molecular complexity index is 828. The highest BCUT2D eigenvalue weighted by Gasteiger charge is 2.44. The molecule has 0 spiro atoms. The van der Waals surface area contributed by atoms with Gasteiger partial charge in [-0.1, -0.05) is 60.3 Å². The molecule has 0 aromatic heterocycles. The van der Waals surface area contributed by atoms with Crippen LogP contribution in [0.1, 0.15) is 49.8 Å². The van der Waals surface area contributed by atoms with E-state index in [4.69, 9.17) is 27.9 Å². The number of rotatable bonds is 6. The molecule has 1 aliphatic rings. The summed E-state index contributed by atoms with van der Waals surface area (Å²) in [4.78, 5) is 25.2. The summed E-state index contributed by atoms with van der Waals surface area (Å²) in [6.45, 7) is 1.57. The van der Waals surface area contributed by atoms with Gasteiger partial charge in [-0.25, -0.2) is 0 Å². The lowest BCUT2D eigenvalue weighted by Gasteiger charge is -2.27. The van der Waals surface area contributed by atoms with Crippen LogP contribution in [0.2, 0.25) is 10.0 Å². The zero-order valence-corrected chi connectivity index (χ0v) is 17.2. The number of halogens is 2. The van der Waals surface area contributed by atoms with Crippen LogP contribution >= 0.6 is 23.2 Å². The molecule has 1 N–H and O–H groups in total. The summed E-state index contributed by atoms with van der Waals surface area (Å²) < 4.78 is 5.43. The van der Waals surface area contributed by atoms with Gasteiger partial charge in [0.2, 0.25) is 0 Å². The fourth-order valence-electron chi connectivity index (χ4n) is 3.75. The van der Waals surface area contributed by atoms with Crippen molar-refractivity contribution in [1.29, 1.82) is 0 Å². The Kier molecular flexibility index (Phi) is 6.63. The van der Waals surface area contributed by atoms with Crippen LogP contribution in [0.5, 0.6) is 0 Å². The van der Waals surface area contributed by atoms with Crippen molar-refractivity contribution in [2.45, 2.75) is 44.1 Å². The quantitative estimate of drug-likeness (QED) is 0.652. The van der Waals surface area contributed by atoms with E-state index >= 15 is 0 Å². The molecule has 0 unspecified atom stereocenters. The van der Waals surface area contributed by atoms with Gasteiger partial charge in [0.05, 0.1) is 11.5 Å². The molecule has 6 heteroatoms. The Balaban J connectivity index is 1.60. The van der Waals surface area contributed by atoms with Crippen LogP contribution < -0.4 is 5.32 Å². The Morgan fingerprint density at radius 1 is 1.00 bits per heavy atom. The maximum atomic E-state index is 12.9. The van der Waals surface area contributed by atoms with E-state index in [0.717, 1.165) is 36.8 Å². The van der Waals surface area contributed by atoms with E-state index < -0.39 is 5.41 Å². The van der Waals surface area contributed by atoms with Gasteiger partial charge in [0.1, 0.15) is 0 Å². The van der Waals surface area contributed by atoms with E-state index in [-0.39, 0.29) is 24.5 Å². The first kappa shape index (κ1) is 20.7. The molecular formula is C22H23Cl2NO3. The molecule has 0 radical (unpaired) electrons. The third-order valence-corrected chi connectivity index (χ3v) is 5.83. The zero-order valence-electron chi connectivity index (χ0n) is 15.7. The predicted molar refractivity (Wildman–Crippen MR) is 111 cm³/mol. The standard InChI is InChI=1S/C22H23Cl2NO3/c1-15(16-4-8-18(23)9-5-16)25-20(26)14-28-21(27)22(12-2-3-13-22)17-6-10-19(24)11-7-17/h4-11,15H,2-3,12-14H2,1H3,(H,25,26)/t15-/m1/s1. The molecule has 0 bridgehead atoms. The molecule has 0 heterocycles. The van der Waals surface area contributed by atoms with Gasteiger partial charge in [-0.3, -0.25) is 9.59 Å². The summed E-state index contributed by atoms with van der Waals surface area (Å²) >= 11 is 11.9. The molecular weight excluding hydrogens is 397 g/mol. The maximum absolute atomic E-state index is 12.9. The average Bonchev–Trinajstić information content (AvgIpc) is 3.18. The minimum atomic E-state index is -0.688. The lowest BCUT2D eigenvalue weighted by Crippen LogP contribution is -2.38. The maximum Gasteiger partial charge on any atom is 0.317 e. The topological polar surface area (TPSA) is 55.4 Å². The van der Waals surface area contributed by atoms with Gasteiger partial charge in [0.15, 0.2) is 6.61 Å². The Morgan fingerprint density at radius 2 is 1.54 bits per heavy atom. The molecule has 1 atom stereocenters. The fraction of sp³-hybridized carbons (Fsp3) is 0.364. The number of carbonyl (C=O) groups is 2. The molecule has 0 saturated heterocycles. The SMILES string of the molecule is C[C@@H](NC(=O)COC(=O)C1(c2ccc(Cl)cc2)CCCC1)c1ccc(Cl)cc1. The van der Waals surface area contributed by atoms with Crippen LogP contribution in [-0.2, 0) is 19.7 Å². The van der Waals surface area contributed by atoms with E-state index in [0.29, 0.717) is 10.0 Å². The summed E-state index contributed by atoms with van der Waals surface area (Å²) in [5.74, 6) is -0.679. The Hall–Kier alpha value is -2.04. The van der Waals surface area contributed by atoms with Crippen LogP contribution in [0.25, 0.3) is 0 Å². The van der Waals surface area contributed by atoms with Crippen molar-refractivity contribution in [2.75, 3.05) is 6.61 Å². The number of hydrogen-bond donors (Lipinski definition) is 1.